The molecule has 1 atom stereocenters. The van der Waals surface area contributed by atoms with Crippen LogP contribution in [0.25, 0.3) is 0 Å². The molecule has 1 unspecified atom stereocenters. The number of likely N-dealkylation sites (tertiary alicyclic amines) is 1. The molecule has 154 valence electrons. The van der Waals surface area contributed by atoms with E-state index in [0.717, 1.165) is 63.3 Å². The van der Waals surface area contributed by atoms with Gasteiger partial charge in [0.2, 0.25) is 0 Å². The van der Waals surface area contributed by atoms with Gasteiger partial charge < -0.3 is 29.0 Å². The first kappa shape index (κ1) is 21.6. The quantitative estimate of drug-likeness (QED) is 0.341. The van der Waals surface area contributed by atoms with E-state index in [-0.39, 0.29) is 0 Å². The Morgan fingerprint density at radius 2 is 2.04 bits per heavy atom. The van der Waals surface area contributed by atoms with E-state index in [2.05, 4.69) is 20.4 Å². The first-order valence-electron chi connectivity index (χ1n) is 9.59. The zero-order chi connectivity index (χ0) is 19.5. The van der Waals surface area contributed by atoms with Crippen LogP contribution in [0.15, 0.2) is 4.99 Å². The summed E-state index contributed by atoms with van der Waals surface area (Å²) in [5.74, 6) is 3.20. The van der Waals surface area contributed by atoms with Gasteiger partial charge in [0, 0.05) is 53.4 Å². The van der Waals surface area contributed by atoms with Gasteiger partial charge >= 0.3 is 0 Å². The minimum absolute atomic E-state index is 0.509. The molecule has 9 heteroatoms. The number of rotatable bonds is 11. The molecule has 0 amide bonds. The third kappa shape index (κ3) is 7.08. The second-order valence-electron chi connectivity index (χ2n) is 6.80. The predicted octanol–water partition coefficient (Wildman–Crippen LogP) is 0.591. The van der Waals surface area contributed by atoms with Crippen molar-refractivity contribution in [1.82, 2.24) is 25.0 Å². The van der Waals surface area contributed by atoms with Crippen LogP contribution in [0, 0.1) is 12.8 Å². The first-order valence-corrected chi connectivity index (χ1v) is 9.59. The van der Waals surface area contributed by atoms with Crippen molar-refractivity contribution in [1.29, 1.82) is 0 Å². The SMILES string of the molecule is COCCCNC(=NCc1nnc(C)n1C)N1CCC(COCCOC)C1. The summed E-state index contributed by atoms with van der Waals surface area (Å²) >= 11 is 0. The van der Waals surface area contributed by atoms with Crippen molar-refractivity contribution >= 4 is 5.96 Å². The van der Waals surface area contributed by atoms with Gasteiger partial charge in [-0.15, -0.1) is 10.2 Å². The lowest BCUT2D eigenvalue weighted by Crippen LogP contribution is -2.41. The topological polar surface area (TPSA) is 86.0 Å². The lowest BCUT2D eigenvalue weighted by Gasteiger charge is -2.22. The average molecular weight is 383 g/mol. The van der Waals surface area contributed by atoms with Crippen LogP contribution in [0.5, 0.6) is 0 Å². The summed E-state index contributed by atoms with van der Waals surface area (Å²) in [6.07, 6.45) is 2.05. The molecule has 0 aliphatic carbocycles. The molecule has 9 nitrogen and oxygen atoms in total. The number of guanidine groups is 1. The Morgan fingerprint density at radius 1 is 1.22 bits per heavy atom. The Kier molecular flexibility index (Phi) is 9.51. The number of hydrogen-bond donors (Lipinski definition) is 1. The molecule has 0 radical (unpaired) electrons. The van der Waals surface area contributed by atoms with E-state index in [1.54, 1.807) is 14.2 Å². The van der Waals surface area contributed by atoms with Crippen molar-refractivity contribution < 1.29 is 14.2 Å². The van der Waals surface area contributed by atoms with E-state index in [1.807, 2.05) is 18.5 Å². The number of ether oxygens (including phenoxy) is 3. The highest BCUT2D eigenvalue weighted by atomic mass is 16.5. The van der Waals surface area contributed by atoms with E-state index in [0.29, 0.717) is 25.7 Å². The highest BCUT2D eigenvalue weighted by Crippen LogP contribution is 2.17. The molecule has 0 spiro atoms. The molecular weight excluding hydrogens is 348 g/mol. The Balaban J connectivity index is 1.91. The molecule has 0 bridgehead atoms. The first-order chi connectivity index (χ1) is 13.2. The van der Waals surface area contributed by atoms with Crippen molar-refractivity contribution in [3.05, 3.63) is 11.6 Å². The van der Waals surface area contributed by atoms with Crippen LogP contribution < -0.4 is 5.32 Å². The van der Waals surface area contributed by atoms with Gasteiger partial charge in [-0.05, 0) is 19.8 Å². The van der Waals surface area contributed by atoms with Crippen LogP contribution in [-0.2, 0) is 27.8 Å². The van der Waals surface area contributed by atoms with Crippen molar-refractivity contribution in [3.63, 3.8) is 0 Å². The molecule has 2 rings (SSSR count). The lowest BCUT2D eigenvalue weighted by molar-refractivity contribution is 0.0536. The highest BCUT2D eigenvalue weighted by Gasteiger charge is 2.25. The summed E-state index contributed by atoms with van der Waals surface area (Å²) in [4.78, 5) is 7.10. The number of aromatic nitrogens is 3. The predicted molar refractivity (Wildman–Crippen MR) is 104 cm³/mol. The second kappa shape index (κ2) is 11.9. The molecule has 0 aromatic carbocycles. The fourth-order valence-corrected chi connectivity index (χ4v) is 2.97. The lowest BCUT2D eigenvalue weighted by atomic mass is 10.1. The van der Waals surface area contributed by atoms with Crippen LogP contribution in [0.2, 0.25) is 0 Å². The third-order valence-electron chi connectivity index (χ3n) is 4.73. The summed E-state index contributed by atoms with van der Waals surface area (Å²) in [7, 11) is 5.38. The average Bonchev–Trinajstić information content (AvgIpc) is 3.26. The maximum Gasteiger partial charge on any atom is 0.194 e. The van der Waals surface area contributed by atoms with Crippen molar-refractivity contribution in [2.45, 2.75) is 26.3 Å². The van der Waals surface area contributed by atoms with Crippen LogP contribution in [0.4, 0.5) is 0 Å². The van der Waals surface area contributed by atoms with Gasteiger partial charge in [-0.1, -0.05) is 0 Å². The second-order valence-corrected chi connectivity index (χ2v) is 6.80. The number of methoxy groups -OCH3 is 2. The number of aliphatic imine (C=N–C) groups is 1. The summed E-state index contributed by atoms with van der Waals surface area (Å²) < 4.78 is 17.8. The van der Waals surface area contributed by atoms with Gasteiger partial charge in [0.05, 0.1) is 19.8 Å². The van der Waals surface area contributed by atoms with Gasteiger partial charge in [0.25, 0.3) is 0 Å². The summed E-state index contributed by atoms with van der Waals surface area (Å²) in [6, 6.07) is 0. The summed E-state index contributed by atoms with van der Waals surface area (Å²) in [5.41, 5.74) is 0. The van der Waals surface area contributed by atoms with E-state index in [9.17, 15) is 0 Å². The maximum absolute atomic E-state index is 5.70. The minimum Gasteiger partial charge on any atom is -0.385 e. The van der Waals surface area contributed by atoms with Gasteiger partial charge in [-0.3, -0.25) is 0 Å². The standard InChI is InChI=1S/C18H34N6O3/c1-15-21-22-17(23(15)2)12-20-18(19-7-5-9-25-3)24-8-6-16(13-24)14-27-11-10-26-4/h16H,5-14H2,1-4H3,(H,19,20). The Labute approximate surface area is 162 Å². The minimum atomic E-state index is 0.509. The molecule has 1 aliphatic rings. The largest absolute Gasteiger partial charge is 0.385 e. The number of nitrogens with one attached hydrogen (secondary N) is 1. The third-order valence-corrected chi connectivity index (χ3v) is 4.73. The molecular formula is C18H34N6O3. The molecule has 1 aromatic rings. The van der Waals surface area contributed by atoms with Crippen LogP contribution >= 0.6 is 0 Å². The van der Waals surface area contributed by atoms with Crippen LogP contribution in [0.3, 0.4) is 0 Å². The van der Waals surface area contributed by atoms with Crippen molar-refractivity contribution in [2.24, 2.45) is 18.0 Å². The molecule has 27 heavy (non-hydrogen) atoms. The fraction of sp³-hybridized carbons (Fsp3) is 0.833. The molecule has 1 saturated heterocycles. The van der Waals surface area contributed by atoms with E-state index in [1.165, 1.54) is 0 Å². The molecule has 0 saturated carbocycles. The van der Waals surface area contributed by atoms with Crippen molar-refractivity contribution in [3.8, 4) is 0 Å². The van der Waals surface area contributed by atoms with E-state index in [4.69, 9.17) is 19.2 Å². The summed E-state index contributed by atoms with van der Waals surface area (Å²) in [6.45, 7) is 7.99. The number of nitrogens with zero attached hydrogens (tertiary/aromatic N) is 5. The highest BCUT2D eigenvalue weighted by molar-refractivity contribution is 5.80. The fourth-order valence-electron chi connectivity index (χ4n) is 2.97. The monoisotopic (exact) mass is 382 g/mol. The van der Waals surface area contributed by atoms with Crippen LogP contribution in [-0.4, -0.2) is 85.9 Å². The smallest absolute Gasteiger partial charge is 0.194 e. The molecule has 1 fully saturated rings. The Bertz CT molecular complexity index is 577. The number of hydrogen-bond acceptors (Lipinski definition) is 6. The van der Waals surface area contributed by atoms with E-state index >= 15 is 0 Å². The van der Waals surface area contributed by atoms with Gasteiger partial charge in [0.15, 0.2) is 11.8 Å². The zero-order valence-electron chi connectivity index (χ0n) is 17.1. The van der Waals surface area contributed by atoms with Gasteiger partial charge in [-0.2, -0.15) is 0 Å². The van der Waals surface area contributed by atoms with Gasteiger partial charge in [0.1, 0.15) is 12.4 Å². The van der Waals surface area contributed by atoms with Crippen molar-refractivity contribution in [2.75, 3.05) is 60.3 Å². The van der Waals surface area contributed by atoms with E-state index < -0.39 is 0 Å². The number of aryl methyl sites for hydroxylation is 1. The molecule has 1 aliphatic heterocycles. The maximum atomic E-state index is 5.70. The zero-order valence-corrected chi connectivity index (χ0v) is 17.1. The molecule has 1 N–H and O–H groups in total. The molecule has 2 heterocycles. The summed E-state index contributed by atoms with van der Waals surface area (Å²) in [5, 5.41) is 11.8. The normalized spacial score (nSPS) is 17.7. The molecule has 1 aromatic heterocycles. The Morgan fingerprint density at radius 3 is 2.74 bits per heavy atom. The van der Waals surface area contributed by atoms with Crippen LogP contribution in [0.1, 0.15) is 24.5 Å². The Hall–Kier alpha value is -1.71. The van der Waals surface area contributed by atoms with Gasteiger partial charge in [-0.25, -0.2) is 4.99 Å².